The molecule has 1 spiro atoms. The maximum atomic E-state index is 11.7. The number of rotatable bonds is 0. The van der Waals surface area contributed by atoms with Crippen LogP contribution in [0.1, 0.15) is 12.8 Å². The molecule has 5 heteroatoms. The molecule has 14 heavy (non-hydrogen) atoms. The number of carbonyl (C=O) groups is 2. The lowest BCUT2D eigenvalue weighted by Gasteiger charge is -2.49. The van der Waals surface area contributed by atoms with Crippen LogP contribution >= 0.6 is 0 Å². The molecule has 0 saturated carbocycles. The third-order valence-electron chi connectivity index (χ3n) is 3.73. The molecule has 2 bridgehead atoms. The van der Waals surface area contributed by atoms with Crippen LogP contribution in [-0.2, 0) is 4.79 Å². The van der Waals surface area contributed by atoms with Crippen LogP contribution in [0, 0.1) is 5.92 Å². The molecule has 4 saturated heterocycles. The summed E-state index contributed by atoms with van der Waals surface area (Å²) in [5.41, 5.74) is -0.604. The van der Waals surface area contributed by atoms with Gasteiger partial charge in [0, 0.05) is 6.54 Å². The number of hydrogen-bond acceptors (Lipinski definition) is 3. The van der Waals surface area contributed by atoms with Gasteiger partial charge in [-0.25, -0.2) is 4.79 Å². The molecular weight excluding hydrogens is 182 g/mol. The topological polar surface area (TPSA) is 61.4 Å². The minimum Gasteiger partial charge on any atom is -0.322 e. The number of nitrogens with one attached hydrogen (secondary N) is 2. The Kier molecular flexibility index (Phi) is 1.45. The molecule has 4 fully saturated rings. The van der Waals surface area contributed by atoms with Crippen molar-refractivity contribution in [3.05, 3.63) is 0 Å². The van der Waals surface area contributed by atoms with E-state index in [9.17, 15) is 9.59 Å². The van der Waals surface area contributed by atoms with Crippen LogP contribution in [0.15, 0.2) is 0 Å². The van der Waals surface area contributed by atoms with Crippen LogP contribution in [0.3, 0.4) is 0 Å². The lowest BCUT2D eigenvalue weighted by atomic mass is 9.73. The predicted molar refractivity (Wildman–Crippen MR) is 48.6 cm³/mol. The van der Waals surface area contributed by atoms with Gasteiger partial charge in [0.15, 0.2) is 0 Å². The van der Waals surface area contributed by atoms with Gasteiger partial charge in [0.05, 0.1) is 0 Å². The molecule has 3 amide bonds. The van der Waals surface area contributed by atoms with Crippen LogP contribution < -0.4 is 10.6 Å². The summed E-state index contributed by atoms with van der Waals surface area (Å²) >= 11 is 0. The lowest BCUT2D eigenvalue weighted by Crippen LogP contribution is -2.67. The van der Waals surface area contributed by atoms with Crippen LogP contribution in [-0.4, -0.2) is 42.0 Å². The van der Waals surface area contributed by atoms with Gasteiger partial charge >= 0.3 is 6.03 Å². The number of nitrogens with zero attached hydrogens (tertiary/aromatic N) is 1. The van der Waals surface area contributed by atoms with Crippen LogP contribution in [0.5, 0.6) is 0 Å². The van der Waals surface area contributed by atoms with Gasteiger partial charge in [-0.3, -0.25) is 10.1 Å². The summed E-state index contributed by atoms with van der Waals surface area (Å²) in [6.07, 6.45) is 2.04. The van der Waals surface area contributed by atoms with E-state index in [0.29, 0.717) is 12.5 Å². The fourth-order valence-electron chi connectivity index (χ4n) is 2.97. The van der Waals surface area contributed by atoms with Crippen LogP contribution in [0.4, 0.5) is 4.79 Å². The van der Waals surface area contributed by atoms with Crippen molar-refractivity contribution < 1.29 is 9.59 Å². The van der Waals surface area contributed by atoms with Gasteiger partial charge in [0.1, 0.15) is 5.54 Å². The first kappa shape index (κ1) is 8.23. The van der Waals surface area contributed by atoms with E-state index in [4.69, 9.17) is 0 Å². The van der Waals surface area contributed by atoms with E-state index in [0.717, 1.165) is 25.9 Å². The van der Waals surface area contributed by atoms with Crippen molar-refractivity contribution in [2.45, 2.75) is 18.4 Å². The molecule has 1 atom stereocenters. The third kappa shape index (κ3) is 0.877. The molecule has 4 aliphatic rings. The van der Waals surface area contributed by atoms with Gasteiger partial charge in [-0.2, -0.15) is 0 Å². The molecule has 0 unspecified atom stereocenters. The van der Waals surface area contributed by atoms with Crippen molar-refractivity contribution in [1.82, 2.24) is 15.5 Å². The molecule has 2 N–H and O–H groups in total. The number of fused-ring (bicyclic) bond motifs is 2. The van der Waals surface area contributed by atoms with E-state index >= 15 is 0 Å². The Bertz CT molecular complexity index is 309. The van der Waals surface area contributed by atoms with Crippen LogP contribution in [0.2, 0.25) is 0 Å². The second-order valence-corrected chi connectivity index (χ2v) is 4.43. The Morgan fingerprint density at radius 3 is 2.43 bits per heavy atom. The van der Waals surface area contributed by atoms with Gasteiger partial charge in [-0.05, 0) is 31.8 Å². The summed E-state index contributed by atoms with van der Waals surface area (Å²) in [5, 5.41) is 5.16. The van der Waals surface area contributed by atoms with Crippen molar-refractivity contribution in [2.75, 3.05) is 19.6 Å². The Hall–Kier alpha value is -1.10. The van der Waals surface area contributed by atoms with Gasteiger partial charge < -0.3 is 10.2 Å². The van der Waals surface area contributed by atoms with Crippen molar-refractivity contribution in [3.8, 4) is 0 Å². The fourth-order valence-corrected chi connectivity index (χ4v) is 2.97. The van der Waals surface area contributed by atoms with E-state index in [1.807, 2.05) is 0 Å². The van der Waals surface area contributed by atoms with Crippen molar-refractivity contribution in [2.24, 2.45) is 5.92 Å². The molecule has 0 aromatic rings. The summed E-state index contributed by atoms with van der Waals surface area (Å²) in [6.45, 7) is 2.82. The van der Waals surface area contributed by atoms with Gasteiger partial charge in [-0.15, -0.1) is 0 Å². The molecule has 0 aromatic heterocycles. The first-order valence-corrected chi connectivity index (χ1v) is 5.07. The zero-order valence-electron chi connectivity index (χ0n) is 7.88. The maximum Gasteiger partial charge on any atom is 0.322 e. The Labute approximate surface area is 81.8 Å². The molecule has 5 nitrogen and oxygen atoms in total. The molecule has 76 valence electrons. The number of hydrogen-bond donors (Lipinski definition) is 2. The van der Waals surface area contributed by atoms with Crippen molar-refractivity contribution in [1.29, 1.82) is 0 Å². The normalized spacial score (nSPS) is 45.4. The SMILES string of the molecule is O=C1NC(=O)[C@]2(CN3CCC2CC3)N1. The molecule has 0 radical (unpaired) electrons. The number of imide groups is 1. The molecule has 0 aliphatic carbocycles. The van der Waals surface area contributed by atoms with Crippen LogP contribution in [0.25, 0.3) is 0 Å². The van der Waals surface area contributed by atoms with E-state index in [1.54, 1.807) is 0 Å². The lowest BCUT2D eigenvalue weighted by molar-refractivity contribution is -0.131. The maximum absolute atomic E-state index is 11.7. The second-order valence-electron chi connectivity index (χ2n) is 4.43. The summed E-state index contributed by atoms with van der Waals surface area (Å²) in [5.74, 6) is 0.204. The Balaban J connectivity index is 1.96. The van der Waals surface area contributed by atoms with E-state index in [-0.39, 0.29) is 11.9 Å². The number of amides is 3. The number of urea groups is 1. The van der Waals surface area contributed by atoms with E-state index < -0.39 is 5.54 Å². The average Bonchev–Trinajstić information content (AvgIpc) is 2.43. The molecule has 4 aliphatic heterocycles. The highest BCUT2D eigenvalue weighted by atomic mass is 16.2. The zero-order valence-corrected chi connectivity index (χ0v) is 7.88. The highest BCUT2D eigenvalue weighted by Crippen LogP contribution is 2.37. The monoisotopic (exact) mass is 195 g/mol. The molecule has 4 rings (SSSR count). The summed E-state index contributed by atoms with van der Waals surface area (Å²) in [4.78, 5) is 25.1. The summed E-state index contributed by atoms with van der Waals surface area (Å²) < 4.78 is 0. The van der Waals surface area contributed by atoms with Gasteiger partial charge in [0.25, 0.3) is 5.91 Å². The smallest absolute Gasteiger partial charge is 0.322 e. The quantitative estimate of drug-likeness (QED) is 0.502. The minimum absolute atomic E-state index is 0.128. The summed E-state index contributed by atoms with van der Waals surface area (Å²) in [7, 11) is 0. The number of piperidine rings is 3. The molecule has 4 heterocycles. The standard InChI is InChI=1S/C9H13N3O2/c13-7-9(11-8(14)10-7)5-12-3-1-6(9)2-4-12/h6H,1-5H2,(H2,10,11,13,14)/t9-/m1/s1. The average molecular weight is 195 g/mol. The highest BCUT2D eigenvalue weighted by molar-refractivity contribution is 6.07. The Morgan fingerprint density at radius 1 is 1.29 bits per heavy atom. The van der Waals surface area contributed by atoms with E-state index in [1.165, 1.54) is 0 Å². The molecule has 0 aromatic carbocycles. The highest BCUT2D eigenvalue weighted by Gasteiger charge is 2.56. The Morgan fingerprint density at radius 2 is 2.00 bits per heavy atom. The van der Waals surface area contributed by atoms with Gasteiger partial charge in [-0.1, -0.05) is 0 Å². The first-order valence-electron chi connectivity index (χ1n) is 5.07. The fraction of sp³-hybridized carbons (Fsp3) is 0.778. The first-order chi connectivity index (χ1) is 6.71. The van der Waals surface area contributed by atoms with Crippen molar-refractivity contribution >= 4 is 11.9 Å². The predicted octanol–water partition coefficient (Wildman–Crippen LogP) is -0.710. The van der Waals surface area contributed by atoms with Crippen molar-refractivity contribution in [3.63, 3.8) is 0 Å². The largest absolute Gasteiger partial charge is 0.322 e. The molecular formula is C9H13N3O2. The zero-order chi connectivity index (χ0) is 9.76. The summed E-state index contributed by atoms with van der Waals surface area (Å²) in [6, 6.07) is -0.330. The van der Waals surface area contributed by atoms with Gasteiger partial charge in [0.2, 0.25) is 0 Å². The second kappa shape index (κ2) is 2.48. The van der Waals surface area contributed by atoms with E-state index in [2.05, 4.69) is 15.5 Å². The third-order valence-corrected chi connectivity index (χ3v) is 3.73. The minimum atomic E-state index is -0.604. The number of carbonyl (C=O) groups excluding carboxylic acids is 2.